The van der Waals surface area contributed by atoms with Crippen LogP contribution in [0.2, 0.25) is 0 Å². The number of hydrogen-bond donors (Lipinski definition) is 2. The van der Waals surface area contributed by atoms with E-state index in [-0.39, 0.29) is 5.91 Å². The molecule has 0 radical (unpaired) electrons. The first-order chi connectivity index (χ1) is 16.2. The van der Waals surface area contributed by atoms with Crippen LogP contribution in [-0.4, -0.2) is 48.5 Å². The molecule has 33 heavy (non-hydrogen) atoms. The summed E-state index contributed by atoms with van der Waals surface area (Å²) in [6.45, 7) is 1.00. The molecule has 2 aromatic carbocycles. The number of thiazole rings is 1. The van der Waals surface area contributed by atoms with Crippen molar-refractivity contribution < 1.29 is 23.7 Å². The Labute approximate surface area is 193 Å². The van der Waals surface area contributed by atoms with Crippen LogP contribution in [0.5, 0.6) is 23.0 Å². The number of methoxy groups -OCH3 is 2. The summed E-state index contributed by atoms with van der Waals surface area (Å²) in [6, 6.07) is 11.1. The van der Waals surface area contributed by atoms with Gasteiger partial charge in [0.15, 0.2) is 28.1 Å². The van der Waals surface area contributed by atoms with Gasteiger partial charge in [-0.05, 0) is 36.4 Å². The van der Waals surface area contributed by atoms with Crippen LogP contribution in [0.3, 0.4) is 0 Å². The van der Waals surface area contributed by atoms with Crippen LogP contribution in [0.4, 0.5) is 5.13 Å². The van der Waals surface area contributed by atoms with E-state index in [4.69, 9.17) is 18.9 Å². The number of aromatic amines is 1. The number of benzene rings is 2. The lowest BCUT2D eigenvalue weighted by Crippen LogP contribution is -2.15. The van der Waals surface area contributed by atoms with Gasteiger partial charge in [-0.25, -0.2) is 4.98 Å². The van der Waals surface area contributed by atoms with Crippen molar-refractivity contribution in [3.05, 3.63) is 53.5 Å². The monoisotopic (exact) mass is 464 g/mol. The van der Waals surface area contributed by atoms with Gasteiger partial charge in [0.25, 0.3) is 5.91 Å². The third-order valence-corrected chi connectivity index (χ3v) is 5.88. The highest BCUT2D eigenvalue weighted by Crippen LogP contribution is 2.36. The molecule has 0 unspecified atom stereocenters. The first-order valence-corrected chi connectivity index (χ1v) is 11.0. The van der Waals surface area contributed by atoms with Gasteiger partial charge in [-0.15, -0.1) is 11.3 Å². The predicted octanol–water partition coefficient (Wildman–Crippen LogP) is 4.24. The van der Waals surface area contributed by atoms with Crippen molar-refractivity contribution in [3.8, 4) is 45.5 Å². The zero-order valence-corrected chi connectivity index (χ0v) is 18.7. The summed E-state index contributed by atoms with van der Waals surface area (Å²) in [5.74, 6) is 2.25. The number of rotatable bonds is 6. The lowest BCUT2D eigenvalue weighted by molar-refractivity contribution is 0.102. The molecular weight excluding hydrogens is 444 g/mol. The van der Waals surface area contributed by atoms with E-state index in [1.165, 1.54) is 17.5 Å². The number of hydrogen-bond acceptors (Lipinski definition) is 8. The number of H-pyrrole nitrogens is 1. The van der Waals surface area contributed by atoms with Crippen LogP contribution in [-0.2, 0) is 0 Å². The second kappa shape index (κ2) is 8.83. The number of amides is 1. The topological polar surface area (TPSA) is 108 Å². The number of anilines is 1. The third kappa shape index (κ3) is 4.08. The van der Waals surface area contributed by atoms with E-state index in [1.54, 1.807) is 14.2 Å². The molecule has 0 bridgehead atoms. The summed E-state index contributed by atoms with van der Waals surface area (Å²) >= 11 is 1.33. The van der Waals surface area contributed by atoms with Crippen LogP contribution in [0.1, 0.15) is 10.4 Å². The first kappa shape index (κ1) is 20.8. The average Bonchev–Trinajstić information content (AvgIpc) is 3.53. The lowest BCUT2D eigenvalue weighted by Gasteiger charge is -2.18. The highest BCUT2D eigenvalue weighted by molar-refractivity contribution is 7.14. The molecule has 9 nitrogen and oxygen atoms in total. The summed E-state index contributed by atoms with van der Waals surface area (Å²) in [5, 5.41) is 12.2. The van der Waals surface area contributed by atoms with Crippen molar-refractivity contribution >= 4 is 22.4 Å². The normalized spacial score (nSPS) is 12.3. The molecule has 0 fully saturated rings. The molecule has 10 heteroatoms. The van der Waals surface area contributed by atoms with Crippen LogP contribution >= 0.6 is 11.3 Å². The zero-order chi connectivity index (χ0) is 22.8. The minimum Gasteiger partial charge on any atom is -0.493 e. The van der Waals surface area contributed by atoms with Gasteiger partial charge < -0.3 is 18.9 Å². The van der Waals surface area contributed by atoms with Gasteiger partial charge in [0.1, 0.15) is 13.2 Å². The molecule has 0 atom stereocenters. The van der Waals surface area contributed by atoms with Crippen molar-refractivity contribution in [2.24, 2.45) is 0 Å². The van der Waals surface area contributed by atoms with E-state index in [9.17, 15) is 4.79 Å². The minimum atomic E-state index is -0.318. The predicted molar refractivity (Wildman–Crippen MR) is 124 cm³/mol. The molecule has 1 amide bonds. The molecule has 0 spiro atoms. The third-order valence-electron chi connectivity index (χ3n) is 5.12. The first-order valence-electron chi connectivity index (χ1n) is 10.1. The number of fused-ring (bicyclic) bond motifs is 1. The zero-order valence-electron chi connectivity index (χ0n) is 17.9. The summed E-state index contributed by atoms with van der Waals surface area (Å²) in [6.07, 6.45) is 1.49. The Kier molecular flexibility index (Phi) is 5.57. The molecule has 0 saturated carbocycles. The van der Waals surface area contributed by atoms with E-state index in [0.717, 1.165) is 16.8 Å². The Morgan fingerprint density at radius 2 is 1.82 bits per heavy atom. The van der Waals surface area contributed by atoms with Gasteiger partial charge in [-0.2, -0.15) is 5.10 Å². The molecule has 0 saturated heterocycles. The maximum Gasteiger partial charge on any atom is 0.261 e. The van der Waals surface area contributed by atoms with E-state index in [1.807, 2.05) is 41.8 Å². The van der Waals surface area contributed by atoms with Crippen molar-refractivity contribution in [1.29, 1.82) is 0 Å². The molecule has 2 N–H and O–H groups in total. The van der Waals surface area contributed by atoms with Gasteiger partial charge >= 0.3 is 0 Å². The van der Waals surface area contributed by atoms with Crippen LogP contribution in [0, 0.1) is 0 Å². The summed E-state index contributed by atoms with van der Waals surface area (Å²) < 4.78 is 21.9. The van der Waals surface area contributed by atoms with Crippen molar-refractivity contribution in [2.45, 2.75) is 0 Å². The highest BCUT2D eigenvalue weighted by Gasteiger charge is 2.20. The second-order valence-electron chi connectivity index (χ2n) is 7.08. The Balaban J connectivity index is 1.36. The lowest BCUT2D eigenvalue weighted by atomic mass is 10.1. The van der Waals surface area contributed by atoms with Crippen molar-refractivity contribution in [2.75, 3.05) is 32.8 Å². The van der Waals surface area contributed by atoms with Gasteiger partial charge in [0.05, 0.1) is 37.4 Å². The minimum absolute atomic E-state index is 0.318. The fourth-order valence-electron chi connectivity index (χ4n) is 3.50. The fraction of sp³-hybridized carbons (Fsp3) is 0.174. The molecular formula is C23H20N4O5S. The van der Waals surface area contributed by atoms with Crippen molar-refractivity contribution in [3.63, 3.8) is 0 Å². The van der Waals surface area contributed by atoms with E-state index in [0.29, 0.717) is 52.6 Å². The van der Waals surface area contributed by atoms with Crippen LogP contribution in [0.15, 0.2) is 48.0 Å². The maximum absolute atomic E-state index is 13.0. The van der Waals surface area contributed by atoms with Crippen molar-refractivity contribution in [1.82, 2.24) is 15.2 Å². The molecule has 0 aliphatic carbocycles. The average molecular weight is 465 g/mol. The van der Waals surface area contributed by atoms with E-state index < -0.39 is 0 Å². The van der Waals surface area contributed by atoms with Crippen LogP contribution < -0.4 is 24.3 Å². The summed E-state index contributed by atoms with van der Waals surface area (Å²) in [7, 11) is 3.17. The number of nitrogens with one attached hydrogen (secondary N) is 2. The SMILES string of the molecule is COc1ccc(-c2csc(NC(=O)c3cn[nH]c3-c3ccc4c(c3)OCCO4)n2)cc1OC. The largest absolute Gasteiger partial charge is 0.493 e. The second-order valence-corrected chi connectivity index (χ2v) is 7.94. The molecule has 1 aliphatic heterocycles. The molecule has 4 aromatic rings. The molecule has 2 aromatic heterocycles. The Morgan fingerprint density at radius 3 is 2.64 bits per heavy atom. The number of nitrogens with zero attached hydrogens (tertiary/aromatic N) is 2. The number of aromatic nitrogens is 3. The standard InChI is InChI=1S/C23H20N4O5S/c1-29-17-5-3-13(9-19(17)30-2)16-12-33-23(25-16)26-22(28)15-11-24-27-21(15)14-4-6-18-20(10-14)32-8-7-31-18/h3-6,9-12H,7-8H2,1-2H3,(H,24,27)(H,25,26,28). The Morgan fingerprint density at radius 1 is 1.03 bits per heavy atom. The fourth-order valence-corrected chi connectivity index (χ4v) is 4.22. The van der Waals surface area contributed by atoms with Gasteiger partial charge in [-0.3, -0.25) is 15.2 Å². The van der Waals surface area contributed by atoms with Gasteiger partial charge in [0, 0.05) is 16.5 Å². The summed E-state index contributed by atoms with van der Waals surface area (Å²) in [5.41, 5.74) is 3.32. The number of ether oxygens (including phenoxy) is 4. The maximum atomic E-state index is 13.0. The van der Waals surface area contributed by atoms with Gasteiger partial charge in [0.2, 0.25) is 0 Å². The van der Waals surface area contributed by atoms with Crippen LogP contribution in [0.25, 0.3) is 22.5 Å². The molecule has 3 heterocycles. The molecule has 168 valence electrons. The highest BCUT2D eigenvalue weighted by atomic mass is 32.1. The molecule has 1 aliphatic rings. The Hall–Kier alpha value is -4.05. The Bertz CT molecular complexity index is 1320. The molecule has 5 rings (SSSR count). The van der Waals surface area contributed by atoms with Gasteiger partial charge in [-0.1, -0.05) is 0 Å². The van der Waals surface area contributed by atoms with E-state index >= 15 is 0 Å². The number of carbonyl (C=O) groups is 1. The quantitative estimate of drug-likeness (QED) is 0.439. The summed E-state index contributed by atoms with van der Waals surface area (Å²) in [4.78, 5) is 17.5. The smallest absolute Gasteiger partial charge is 0.261 e. The van der Waals surface area contributed by atoms with E-state index in [2.05, 4.69) is 20.5 Å². The number of carbonyl (C=O) groups excluding carboxylic acids is 1.